The van der Waals surface area contributed by atoms with Gasteiger partial charge in [0.2, 0.25) is 0 Å². The first-order valence-corrected chi connectivity index (χ1v) is 7.39. The molecule has 0 heterocycles. The number of amides is 2. The lowest BCUT2D eigenvalue weighted by molar-refractivity contribution is -0.123. The molecule has 2 amide bonds. The Morgan fingerprint density at radius 3 is 2.42 bits per heavy atom. The van der Waals surface area contributed by atoms with E-state index in [0.29, 0.717) is 29.4 Å². The summed E-state index contributed by atoms with van der Waals surface area (Å²) in [7, 11) is 0. The van der Waals surface area contributed by atoms with Gasteiger partial charge in [-0.25, -0.2) is 5.84 Å². The van der Waals surface area contributed by atoms with E-state index in [9.17, 15) is 9.59 Å². The molecule has 7 nitrogen and oxygen atoms in total. The summed E-state index contributed by atoms with van der Waals surface area (Å²) in [5, 5.41) is 2.81. The summed E-state index contributed by atoms with van der Waals surface area (Å²) >= 11 is 0. The van der Waals surface area contributed by atoms with Crippen molar-refractivity contribution >= 4 is 17.5 Å². The zero-order chi connectivity index (χ0) is 17.4. The minimum atomic E-state index is -0.440. The van der Waals surface area contributed by atoms with Crippen LogP contribution in [0.15, 0.2) is 48.5 Å². The van der Waals surface area contributed by atoms with Crippen LogP contribution in [-0.2, 0) is 4.79 Å². The number of carbonyl (C=O) groups is 2. The second-order valence-corrected chi connectivity index (χ2v) is 4.76. The molecule has 2 aromatic carbocycles. The van der Waals surface area contributed by atoms with Gasteiger partial charge in [-0.05, 0) is 43.3 Å². The third kappa shape index (κ3) is 4.72. The van der Waals surface area contributed by atoms with Crippen LogP contribution in [0, 0.1) is 0 Å². The van der Waals surface area contributed by atoms with Gasteiger partial charge in [0.15, 0.2) is 6.61 Å². The maximum atomic E-state index is 12.3. The Kier molecular flexibility index (Phi) is 6.16. The minimum Gasteiger partial charge on any atom is -0.492 e. The molecule has 0 spiro atoms. The second kappa shape index (κ2) is 8.54. The zero-order valence-corrected chi connectivity index (χ0v) is 13.2. The fraction of sp³-hybridized carbons (Fsp3) is 0.176. The highest BCUT2D eigenvalue weighted by Crippen LogP contribution is 2.24. The van der Waals surface area contributed by atoms with E-state index in [2.05, 4.69) is 5.32 Å². The number of hydrazine groups is 1. The van der Waals surface area contributed by atoms with Gasteiger partial charge in [-0.15, -0.1) is 0 Å². The van der Waals surface area contributed by atoms with Crippen LogP contribution in [0.3, 0.4) is 0 Å². The molecule has 7 heteroatoms. The van der Waals surface area contributed by atoms with Crippen molar-refractivity contribution in [1.29, 1.82) is 0 Å². The summed E-state index contributed by atoms with van der Waals surface area (Å²) in [6, 6.07) is 13.6. The highest BCUT2D eigenvalue weighted by molar-refractivity contribution is 6.05. The summed E-state index contributed by atoms with van der Waals surface area (Å²) in [4.78, 5) is 23.3. The van der Waals surface area contributed by atoms with Gasteiger partial charge in [0.05, 0.1) is 12.3 Å². The highest BCUT2D eigenvalue weighted by atomic mass is 16.5. The van der Waals surface area contributed by atoms with Gasteiger partial charge in [0, 0.05) is 5.56 Å². The molecule has 0 aliphatic heterocycles. The van der Waals surface area contributed by atoms with E-state index in [4.69, 9.17) is 15.3 Å². The molecule has 0 radical (unpaired) electrons. The van der Waals surface area contributed by atoms with Crippen molar-refractivity contribution in [3.63, 3.8) is 0 Å². The predicted octanol–water partition coefficient (Wildman–Crippen LogP) is 1.71. The topological polar surface area (TPSA) is 103 Å². The lowest BCUT2D eigenvalue weighted by Crippen LogP contribution is -2.34. The zero-order valence-electron chi connectivity index (χ0n) is 13.2. The van der Waals surface area contributed by atoms with Gasteiger partial charge < -0.3 is 14.8 Å². The first kappa shape index (κ1) is 17.3. The number of anilines is 1. The Labute approximate surface area is 139 Å². The fourth-order valence-corrected chi connectivity index (χ4v) is 1.94. The third-order valence-corrected chi connectivity index (χ3v) is 3.08. The molecule has 0 bridgehead atoms. The molecule has 2 aromatic rings. The van der Waals surface area contributed by atoms with E-state index in [1.807, 2.05) is 24.5 Å². The van der Waals surface area contributed by atoms with Crippen molar-refractivity contribution in [3.8, 4) is 11.5 Å². The molecule has 0 saturated heterocycles. The fourth-order valence-electron chi connectivity index (χ4n) is 1.94. The molecule has 0 aromatic heterocycles. The summed E-state index contributed by atoms with van der Waals surface area (Å²) in [5.74, 6) is 5.33. The smallest absolute Gasteiger partial charge is 0.271 e. The number of rotatable bonds is 7. The minimum absolute atomic E-state index is 0.191. The van der Waals surface area contributed by atoms with Crippen LogP contribution in [0.25, 0.3) is 0 Å². The third-order valence-electron chi connectivity index (χ3n) is 3.08. The average Bonchev–Trinajstić information content (AvgIpc) is 2.62. The Morgan fingerprint density at radius 2 is 1.75 bits per heavy atom. The van der Waals surface area contributed by atoms with Crippen LogP contribution < -0.4 is 26.1 Å². The molecule has 0 aliphatic rings. The Hall–Kier alpha value is -3.06. The van der Waals surface area contributed by atoms with Gasteiger partial charge in [-0.3, -0.25) is 15.0 Å². The Balaban J connectivity index is 2.01. The Bertz CT molecular complexity index is 701. The summed E-state index contributed by atoms with van der Waals surface area (Å²) in [6.07, 6.45) is 0. The molecule has 0 atom stereocenters. The van der Waals surface area contributed by atoms with E-state index >= 15 is 0 Å². The van der Waals surface area contributed by atoms with E-state index in [1.54, 1.807) is 36.4 Å². The lowest BCUT2D eigenvalue weighted by atomic mass is 10.2. The van der Waals surface area contributed by atoms with E-state index < -0.39 is 5.91 Å². The first-order valence-electron chi connectivity index (χ1n) is 7.39. The molecular weight excluding hydrogens is 310 g/mol. The lowest BCUT2D eigenvalue weighted by Gasteiger charge is -2.11. The number of ether oxygens (including phenoxy) is 2. The van der Waals surface area contributed by atoms with Gasteiger partial charge in [-0.1, -0.05) is 12.1 Å². The quantitative estimate of drug-likeness (QED) is 0.408. The van der Waals surface area contributed by atoms with Crippen molar-refractivity contribution in [2.24, 2.45) is 5.84 Å². The van der Waals surface area contributed by atoms with Crippen LogP contribution in [-0.4, -0.2) is 25.0 Å². The number of benzene rings is 2. The summed E-state index contributed by atoms with van der Waals surface area (Å²) < 4.78 is 10.7. The second-order valence-electron chi connectivity index (χ2n) is 4.76. The number of hydrogen-bond acceptors (Lipinski definition) is 5. The van der Waals surface area contributed by atoms with Crippen molar-refractivity contribution in [2.75, 3.05) is 18.5 Å². The molecule has 24 heavy (non-hydrogen) atoms. The van der Waals surface area contributed by atoms with Crippen LogP contribution in [0.4, 0.5) is 5.69 Å². The summed E-state index contributed by atoms with van der Waals surface area (Å²) in [6.45, 7) is 2.20. The number of nitrogens with one attached hydrogen (secondary N) is 2. The van der Waals surface area contributed by atoms with Crippen molar-refractivity contribution < 1.29 is 19.1 Å². The van der Waals surface area contributed by atoms with E-state index in [1.165, 1.54) is 0 Å². The van der Waals surface area contributed by atoms with E-state index in [-0.39, 0.29) is 12.5 Å². The van der Waals surface area contributed by atoms with Gasteiger partial charge >= 0.3 is 0 Å². The molecule has 126 valence electrons. The van der Waals surface area contributed by atoms with Crippen LogP contribution in [0.1, 0.15) is 17.3 Å². The van der Waals surface area contributed by atoms with Crippen molar-refractivity contribution in [2.45, 2.75) is 6.92 Å². The largest absolute Gasteiger partial charge is 0.492 e. The van der Waals surface area contributed by atoms with Crippen molar-refractivity contribution in [3.05, 3.63) is 54.1 Å². The normalized spacial score (nSPS) is 9.92. The van der Waals surface area contributed by atoms with Gasteiger partial charge in [0.1, 0.15) is 11.5 Å². The van der Waals surface area contributed by atoms with Crippen LogP contribution >= 0.6 is 0 Å². The molecule has 2 rings (SSSR count). The first-order chi connectivity index (χ1) is 11.6. The number of para-hydroxylation sites is 2. The highest BCUT2D eigenvalue weighted by Gasteiger charge is 2.10. The summed E-state index contributed by atoms with van der Waals surface area (Å²) in [5.41, 5.74) is 3.02. The standard InChI is InChI=1S/C17H19N3O4/c1-2-23-15-6-4-3-5-14(15)19-17(22)12-7-9-13(10-8-12)24-11-16(21)20-18/h3-10H,2,11,18H2,1H3,(H,19,22)(H,20,21). The predicted molar refractivity (Wildman–Crippen MR) is 89.8 cm³/mol. The SMILES string of the molecule is CCOc1ccccc1NC(=O)c1ccc(OCC(=O)NN)cc1. The van der Waals surface area contributed by atoms with Gasteiger partial charge in [-0.2, -0.15) is 0 Å². The van der Waals surface area contributed by atoms with E-state index in [0.717, 1.165) is 0 Å². The van der Waals surface area contributed by atoms with Crippen LogP contribution in [0.5, 0.6) is 11.5 Å². The molecule has 4 N–H and O–H groups in total. The molecule has 0 aliphatic carbocycles. The number of hydrogen-bond donors (Lipinski definition) is 3. The van der Waals surface area contributed by atoms with Gasteiger partial charge in [0.25, 0.3) is 11.8 Å². The van der Waals surface area contributed by atoms with Crippen LogP contribution in [0.2, 0.25) is 0 Å². The average molecular weight is 329 g/mol. The number of nitrogens with two attached hydrogens (primary N) is 1. The molecule has 0 unspecified atom stereocenters. The monoisotopic (exact) mass is 329 g/mol. The Morgan fingerprint density at radius 1 is 1.04 bits per heavy atom. The molecule has 0 saturated carbocycles. The molecule has 0 fully saturated rings. The maximum absolute atomic E-state index is 12.3. The number of carbonyl (C=O) groups excluding carboxylic acids is 2. The van der Waals surface area contributed by atoms with Crippen molar-refractivity contribution in [1.82, 2.24) is 5.43 Å². The molecular formula is C17H19N3O4. The maximum Gasteiger partial charge on any atom is 0.271 e.